The lowest BCUT2D eigenvalue weighted by molar-refractivity contribution is -0.141. The first kappa shape index (κ1) is 26.7. The lowest BCUT2D eigenvalue weighted by Crippen LogP contribution is -2.00. The highest BCUT2D eigenvalue weighted by atomic mass is 16.5. The summed E-state index contributed by atoms with van der Waals surface area (Å²) in [6.45, 7) is 4.37. The van der Waals surface area contributed by atoms with E-state index in [9.17, 15) is 4.79 Å². The number of hydrogen-bond donors (Lipinski definition) is 1. The molecule has 0 amide bonds. The van der Waals surface area contributed by atoms with E-state index in [1.807, 2.05) is 0 Å². The third kappa shape index (κ3) is 25.8. The van der Waals surface area contributed by atoms with Crippen molar-refractivity contribution in [2.45, 2.75) is 129 Å². The Hall–Kier alpha value is -0.570. The van der Waals surface area contributed by atoms with Crippen LogP contribution in [0.25, 0.3) is 0 Å². The van der Waals surface area contributed by atoms with Gasteiger partial charge in [0.2, 0.25) is 0 Å². The Labute approximate surface area is 158 Å². The molecule has 0 aromatic carbocycles. The van der Waals surface area contributed by atoms with Gasteiger partial charge in [0.05, 0.1) is 6.61 Å². The SMILES string of the molecule is CCCCCCCCCCCCCCCCCCCCOC(C)=O.N. The predicted octanol–water partition coefficient (Wildman–Crippen LogP) is 7.75. The van der Waals surface area contributed by atoms with Crippen LogP contribution in [0, 0.1) is 0 Å². The fraction of sp³-hybridized carbons (Fsp3) is 0.955. The van der Waals surface area contributed by atoms with Crippen molar-refractivity contribution in [2.24, 2.45) is 0 Å². The maximum Gasteiger partial charge on any atom is 0.302 e. The van der Waals surface area contributed by atoms with Gasteiger partial charge in [-0.25, -0.2) is 0 Å². The molecule has 0 rings (SSSR count). The molecule has 0 aliphatic carbocycles. The van der Waals surface area contributed by atoms with E-state index in [0.717, 1.165) is 6.42 Å². The number of carbonyl (C=O) groups is 1. The van der Waals surface area contributed by atoms with Gasteiger partial charge in [-0.05, 0) is 6.42 Å². The van der Waals surface area contributed by atoms with Gasteiger partial charge in [-0.1, -0.05) is 116 Å². The van der Waals surface area contributed by atoms with Crippen molar-refractivity contribution in [2.75, 3.05) is 6.61 Å². The minimum atomic E-state index is -0.151. The largest absolute Gasteiger partial charge is 0.466 e. The van der Waals surface area contributed by atoms with Crippen LogP contribution in [-0.2, 0) is 9.53 Å². The molecule has 3 N–H and O–H groups in total. The van der Waals surface area contributed by atoms with Crippen molar-refractivity contribution in [3.05, 3.63) is 0 Å². The number of carbonyl (C=O) groups excluding carboxylic acids is 1. The summed E-state index contributed by atoms with van der Waals surface area (Å²) in [6, 6.07) is 0. The van der Waals surface area contributed by atoms with Crippen molar-refractivity contribution >= 4 is 5.97 Å². The molecule has 0 spiro atoms. The Morgan fingerprint density at radius 1 is 0.560 bits per heavy atom. The fourth-order valence-electron chi connectivity index (χ4n) is 3.22. The van der Waals surface area contributed by atoms with Gasteiger partial charge in [0.25, 0.3) is 0 Å². The van der Waals surface area contributed by atoms with Crippen molar-refractivity contribution in [1.29, 1.82) is 0 Å². The molecule has 3 heteroatoms. The minimum Gasteiger partial charge on any atom is -0.466 e. The Bertz CT molecular complexity index is 256. The molecule has 0 fully saturated rings. The van der Waals surface area contributed by atoms with Crippen LogP contribution in [-0.4, -0.2) is 12.6 Å². The predicted molar refractivity (Wildman–Crippen MR) is 110 cm³/mol. The molecule has 0 saturated carbocycles. The van der Waals surface area contributed by atoms with Crippen LogP contribution in [0.5, 0.6) is 0 Å². The van der Waals surface area contributed by atoms with Crippen LogP contribution in [0.15, 0.2) is 0 Å². The summed E-state index contributed by atoms with van der Waals surface area (Å²) < 4.78 is 4.93. The van der Waals surface area contributed by atoms with E-state index in [1.54, 1.807) is 0 Å². The van der Waals surface area contributed by atoms with E-state index < -0.39 is 0 Å². The van der Waals surface area contributed by atoms with Crippen molar-refractivity contribution in [3.63, 3.8) is 0 Å². The van der Waals surface area contributed by atoms with Gasteiger partial charge in [0.1, 0.15) is 0 Å². The summed E-state index contributed by atoms with van der Waals surface area (Å²) >= 11 is 0. The van der Waals surface area contributed by atoms with Gasteiger partial charge < -0.3 is 10.9 Å². The average Bonchev–Trinajstić information content (AvgIpc) is 2.56. The number of esters is 1. The van der Waals surface area contributed by atoms with Crippen molar-refractivity contribution in [3.8, 4) is 0 Å². The minimum absolute atomic E-state index is 0. The van der Waals surface area contributed by atoms with E-state index in [4.69, 9.17) is 4.74 Å². The van der Waals surface area contributed by atoms with Crippen LogP contribution >= 0.6 is 0 Å². The van der Waals surface area contributed by atoms with Gasteiger partial charge in [-0.15, -0.1) is 0 Å². The van der Waals surface area contributed by atoms with Crippen LogP contribution in [0.3, 0.4) is 0 Å². The van der Waals surface area contributed by atoms with Gasteiger partial charge in [-0.2, -0.15) is 0 Å². The molecule has 0 aromatic rings. The molecule has 3 nitrogen and oxygen atoms in total. The Morgan fingerprint density at radius 2 is 0.840 bits per heavy atom. The number of unbranched alkanes of at least 4 members (excludes halogenated alkanes) is 17. The highest BCUT2D eigenvalue weighted by molar-refractivity contribution is 5.65. The maximum atomic E-state index is 10.6. The molecule has 0 unspecified atom stereocenters. The summed E-state index contributed by atoms with van der Waals surface area (Å²) in [5, 5.41) is 0. The second kappa shape index (κ2) is 23.4. The molecule has 0 aromatic heterocycles. The van der Waals surface area contributed by atoms with E-state index in [1.165, 1.54) is 116 Å². The van der Waals surface area contributed by atoms with E-state index in [0.29, 0.717) is 6.61 Å². The maximum absolute atomic E-state index is 10.6. The van der Waals surface area contributed by atoms with Crippen LogP contribution in [0.2, 0.25) is 0 Å². The molecule has 0 atom stereocenters. The molecular weight excluding hydrogens is 310 g/mol. The van der Waals surface area contributed by atoms with E-state index >= 15 is 0 Å². The molecular formula is C22H47NO2. The molecule has 0 heterocycles. The summed E-state index contributed by atoms with van der Waals surface area (Å²) in [6.07, 6.45) is 24.9. The second-order valence-electron chi connectivity index (χ2n) is 7.35. The van der Waals surface area contributed by atoms with E-state index in [2.05, 4.69) is 6.92 Å². The van der Waals surface area contributed by atoms with Crippen molar-refractivity contribution in [1.82, 2.24) is 6.15 Å². The third-order valence-corrected chi connectivity index (χ3v) is 4.80. The average molecular weight is 358 g/mol. The van der Waals surface area contributed by atoms with Crippen LogP contribution in [0.4, 0.5) is 0 Å². The molecule has 0 bridgehead atoms. The van der Waals surface area contributed by atoms with Gasteiger partial charge in [0, 0.05) is 6.92 Å². The summed E-state index contributed by atoms with van der Waals surface area (Å²) in [5.41, 5.74) is 0. The van der Waals surface area contributed by atoms with Crippen molar-refractivity contribution < 1.29 is 9.53 Å². The van der Waals surface area contributed by atoms with E-state index in [-0.39, 0.29) is 12.1 Å². The molecule has 0 aliphatic rings. The Kier molecular flexibility index (Phi) is 25.0. The molecule has 0 radical (unpaired) electrons. The van der Waals surface area contributed by atoms with Crippen LogP contribution < -0.4 is 6.15 Å². The second-order valence-corrected chi connectivity index (χ2v) is 7.35. The normalized spacial score (nSPS) is 10.5. The lowest BCUT2D eigenvalue weighted by atomic mass is 10.0. The zero-order chi connectivity index (χ0) is 17.7. The molecule has 25 heavy (non-hydrogen) atoms. The number of rotatable bonds is 19. The quantitative estimate of drug-likeness (QED) is 0.190. The number of hydrogen-bond acceptors (Lipinski definition) is 3. The highest BCUT2D eigenvalue weighted by Gasteiger charge is 1.96. The number of ether oxygens (including phenoxy) is 1. The molecule has 152 valence electrons. The summed E-state index contributed by atoms with van der Waals surface area (Å²) in [5.74, 6) is -0.151. The van der Waals surface area contributed by atoms with Gasteiger partial charge in [-0.3, -0.25) is 4.79 Å². The third-order valence-electron chi connectivity index (χ3n) is 4.80. The zero-order valence-electron chi connectivity index (χ0n) is 17.5. The first-order chi connectivity index (χ1) is 11.8. The van der Waals surface area contributed by atoms with Gasteiger partial charge in [0.15, 0.2) is 0 Å². The molecule has 0 aliphatic heterocycles. The zero-order valence-corrected chi connectivity index (χ0v) is 17.5. The first-order valence-corrected chi connectivity index (χ1v) is 10.9. The molecule has 0 saturated heterocycles. The monoisotopic (exact) mass is 357 g/mol. The Morgan fingerprint density at radius 3 is 1.12 bits per heavy atom. The summed E-state index contributed by atoms with van der Waals surface area (Å²) in [7, 11) is 0. The first-order valence-electron chi connectivity index (χ1n) is 10.9. The topological polar surface area (TPSA) is 61.3 Å². The van der Waals surface area contributed by atoms with Crippen LogP contribution in [0.1, 0.15) is 129 Å². The Balaban J connectivity index is 0. The standard InChI is InChI=1S/C22H44O2.H3N/c1-3-4-5-6-7-8-9-10-11-12-13-14-15-16-17-18-19-20-21-24-22(2)23;/h3-21H2,1-2H3;1H3. The summed E-state index contributed by atoms with van der Waals surface area (Å²) in [4.78, 5) is 10.6. The lowest BCUT2D eigenvalue weighted by Gasteiger charge is -2.04. The highest BCUT2D eigenvalue weighted by Crippen LogP contribution is 2.14. The smallest absolute Gasteiger partial charge is 0.302 e. The fourth-order valence-corrected chi connectivity index (χ4v) is 3.22. The van der Waals surface area contributed by atoms with Gasteiger partial charge >= 0.3 is 5.97 Å².